The molecule has 0 radical (unpaired) electrons. The van der Waals surface area contributed by atoms with Crippen molar-refractivity contribution in [2.75, 3.05) is 18.5 Å². The third kappa shape index (κ3) is 7.75. The zero-order valence-corrected chi connectivity index (χ0v) is 31.4. The largest absolute Gasteiger partial charge is 0.474 e. The average molecular weight is 752 g/mol. The molecule has 6 aromatic rings. The molecule has 1 aliphatic heterocycles. The van der Waals surface area contributed by atoms with Crippen molar-refractivity contribution in [3.05, 3.63) is 119 Å². The van der Waals surface area contributed by atoms with E-state index in [1.54, 1.807) is 29.3 Å². The van der Waals surface area contributed by atoms with Crippen LogP contribution in [0.3, 0.4) is 0 Å². The first-order valence-corrected chi connectivity index (χ1v) is 18.3. The SMILES string of the molecule is CC(c1ccc(Cl)cc1)n1cnc(-c2ccccc2)c1-c1c(C(=O)Nc2cccnc2OC[C@@H]2CCCN2C(=O)OC(C)(C)C)[nH]c2cc(Cl)ccc12. The number of carbonyl (C=O) groups excluding carboxylic acids is 2. The van der Waals surface area contributed by atoms with E-state index in [1.165, 1.54) is 0 Å². The molecule has 3 aromatic heterocycles. The highest BCUT2D eigenvalue weighted by molar-refractivity contribution is 6.31. The molecular weight excluding hydrogens is 711 g/mol. The van der Waals surface area contributed by atoms with Crippen molar-refractivity contribution in [1.29, 1.82) is 0 Å². The summed E-state index contributed by atoms with van der Waals surface area (Å²) in [6.45, 7) is 8.40. The number of carbonyl (C=O) groups is 2. The zero-order chi connectivity index (χ0) is 37.3. The normalized spacial score (nSPS) is 15.1. The summed E-state index contributed by atoms with van der Waals surface area (Å²) in [5.41, 5.74) is 4.83. The highest BCUT2D eigenvalue weighted by Crippen LogP contribution is 2.42. The summed E-state index contributed by atoms with van der Waals surface area (Å²) in [4.78, 5) is 41.9. The Morgan fingerprint density at radius 1 is 0.981 bits per heavy atom. The minimum atomic E-state index is -0.607. The molecule has 0 saturated carbocycles. The van der Waals surface area contributed by atoms with Crippen LogP contribution in [-0.2, 0) is 4.74 Å². The maximum Gasteiger partial charge on any atom is 0.410 e. The van der Waals surface area contributed by atoms with Gasteiger partial charge < -0.3 is 29.2 Å². The Balaban J connectivity index is 1.26. The molecule has 1 aliphatic rings. The van der Waals surface area contributed by atoms with Crippen molar-refractivity contribution in [2.24, 2.45) is 0 Å². The molecule has 53 heavy (non-hydrogen) atoms. The molecular formula is C41H40Cl2N6O4. The molecule has 1 saturated heterocycles. The molecule has 12 heteroatoms. The maximum absolute atomic E-state index is 14.5. The van der Waals surface area contributed by atoms with Crippen LogP contribution in [0.2, 0.25) is 10.0 Å². The summed E-state index contributed by atoms with van der Waals surface area (Å²) in [5, 5.41) is 5.02. The fourth-order valence-electron chi connectivity index (χ4n) is 6.73. The van der Waals surface area contributed by atoms with Crippen molar-refractivity contribution in [2.45, 2.75) is 58.2 Å². The van der Waals surface area contributed by atoms with Gasteiger partial charge in [0.15, 0.2) is 0 Å². The fraction of sp³-hybridized carbons (Fsp3) is 0.268. The predicted molar refractivity (Wildman–Crippen MR) is 209 cm³/mol. The van der Waals surface area contributed by atoms with E-state index in [2.05, 4.69) is 26.8 Å². The molecule has 0 bridgehead atoms. The quantitative estimate of drug-likeness (QED) is 0.152. The second kappa shape index (κ2) is 15.0. The lowest BCUT2D eigenvalue weighted by Gasteiger charge is -2.28. The lowest BCUT2D eigenvalue weighted by molar-refractivity contribution is 0.0186. The number of aromatic nitrogens is 4. The molecule has 1 fully saturated rings. The number of rotatable bonds is 9. The second-order valence-electron chi connectivity index (χ2n) is 14.1. The number of aromatic amines is 1. The third-order valence-electron chi connectivity index (χ3n) is 9.27. The Labute approximate surface area is 318 Å². The van der Waals surface area contributed by atoms with Crippen LogP contribution in [0.1, 0.15) is 62.6 Å². The van der Waals surface area contributed by atoms with Crippen LogP contribution < -0.4 is 10.1 Å². The Morgan fingerprint density at radius 3 is 2.49 bits per heavy atom. The van der Waals surface area contributed by atoms with Gasteiger partial charge in [-0.1, -0.05) is 71.7 Å². The molecule has 0 spiro atoms. The Kier molecular flexibility index (Phi) is 10.2. The molecule has 10 nitrogen and oxygen atoms in total. The summed E-state index contributed by atoms with van der Waals surface area (Å²) < 4.78 is 13.9. The number of hydrogen-bond donors (Lipinski definition) is 2. The summed E-state index contributed by atoms with van der Waals surface area (Å²) in [5.74, 6) is -0.170. The molecule has 0 aliphatic carbocycles. The maximum atomic E-state index is 14.5. The van der Waals surface area contributed by atoms with E-state index in [0.29, 0.717) is 44.7 Å². The first-order chi connectivity index (χ1) is 25.5. The van der Waals surface area contributed by atoms with E-state index in [0.717, 1.165) is 35.0 Å². The molecule has 3 aromatic carbocycles. The van der Waals surface area contributed by atoms with E-state index in [1.807, 2.05) is 93.8 Å². The first-order valence-electron chi connectivity index (χ1n) is 17.5. The third-order valence-corrected chi connectivity index (χ3v) is 9.76. The van der Waals surface area contributed by atoms with Gasteiger partial charge in [-0.25, -0.2) is 14.8 Å². The fourth-order valence-corrected chi connectivity index (χ4v) is 7.03. The molecule has 2 atom stereocenters. The number of nitrogens with zero attached hydrogens (tertiary/aromatic N) is 4. The lowest BCUT2D eigenvalue weighted by atomic mass is 9.99. The summed E-state index contributed by atoms with van der Waals surface area (Å²) in [6, 6.07) is 26.2. The molecule has 1 unspecified atom stereocenters. The van der Waals surface area contributed by atoms with E-state index < -0.39 is 11.5 Å². The number of ether oxygens (including phenoxy) is 2. The van der Waals surface area contributed by atoms with Gasteiger partial charge in [-0.3, -0.25) is 4.79 Å². The van der Waals surface area contributed by atoms with Gasteiger partial charge in [-0.15, -0.1) is 0 Å². The van der Waals surface area contributed by atoms with Crippen LogP contribution >= 0.6 is 23.2 Å². The number of H-pyrrole nitrogens is 1. The van der Waals surface area contributed by atoms with Gasteiger partial charge in [0, 0.05) is 44.8 Å². The Hall–Kier alpha value is -5.32. The predicted octanol–water partition coefficient (Wildman–Crippen LogP) is 10.0. The highest BCUT2D eigenvalue weighted by Gasteiger charge is 2.33. The summed E-state index contributed by atoms with van der Waals surface area (Å²) >= 11 is 12.7. The van der Waals surface area contributed by atoms with Crippen LogP contribution in [0, 0.1) is 0 Å². The molecule has 4 heterocycles. The van der Waals surface area contributed by atoms with Gasteiger partial charge in [0.05, 0.1) is 29.8 Å². The number of pyridine rings is 1. The van der Waals surface area contributed by atoms with Crippen LogP contribution in [-0.4, -0.2) is 61.2 Å². The van der Waals surface area contributed by atoms with Crippen LogP contribution in [0.15, 0.2) is 97.5 Å². The lowest BCUT2D eigenvalue weighted by Crippen LogP contribution is -2.42. The van der Waals surface area contributed by atoms with E-state index >= 15 is 0 Å². The number of halogens is 2. The number of hydrogen-bond acceptors (Lipinski definition) is 6. The molecule has 272 valence electrons. The highest BCUT2D eigenvalue weighted by atomic mass is 35.5. The number of imidazole rings is 1. The molecule has 2 N–H and O–H groups in total. The van der Waals surface area contributed by atoms with Gasteiger partial charge in [-0.05, 0) is 82.5 Å². The number of nitrogens with one attached hydrogen (secondary N) is 2. The van der Waals surface area contributed by atoms with Crippen LogP contribution in [0.4, 0.5) is 10.5 Å². The number of amides is 2. The molecule has 2 amide bonds. The van der Waals surface area contributed by atoms with Gasteiger partial charge in [0.2, 0.25) is 5.88 Å². The summed E-state index contributed by atoms with van der Waals surface area (Å²) in [6.07, 6.45) is 4.64. The van der Waals surface area contributed by atoms with Crippen molar-refractivity contribution < 1.29 is 19.1 Å². The van der Waals surface area contributed by atoms with Crippen molar-refractivity contribution in [3.63, 3.8) is 0 Å². The standard InChI is InChI=1S/C41H40Cl2N6O4/c1-25(26-14-16-28(42)17-15-26)49-24-45-35(27-10-6-5-7-11-27)37(49)34-31-19-18-29(43)22-33(31)46-36(34)38(50)47-32-13-8-20-44-39(32)52-23-30-12-9-21-48(30)40(51)53-41(2,3)4/h5-8,10-11,13-20,22,24-25,30,46H,9,12,21,23H2,1-4H3,(H,47,50)/t25?,30-/m0/s1. The average Bonchev–Trinajstić information content (AvgIpc) is 3.88. The number of anilines is 1. The van der Waals surface area contributed by atoms with Gasteiger partial charge in [0.1, 0.15) is 23.6 Å². The zero-order valence-electron chi connectivity index (χ0n) is 29.9. The minimum Gasteiger partial charge on any atom is -0.474 e. The van der Waals surface area contributed by atoms with Crippen LogP contribution in [0.25, 0.3) is 33.4 Å². The van der Waals surface area contributed by atoms with E-state index in [4.69, 9.17) is 37.7 Å². The second-order valence-corrected chi connectivity index (χ2v) is 15.0. The smallest absolute Gasteiger partial charge is 0.410 e. The van der Waals surface area contributed by atoms with Crippen molar-refractivity contribution >= 4 is 51.8 Å². The number of benzene rings is 3. The minimum absolute atomic E-state index is 0.172. The van der Waals surface area contributed by atoms with E-state index in [-0.39, 0.29) is 30.7 Å². The Bertz CT molecular complexity index is 2260. The van der Waals surface area contributed by atoms with E-state index in [9.17, 15) is 9.59 Å². The van der Waals surface area contributed by atoms with Crippen LogP contribution in [0.5, 0.6) is 5.88 Å². The first kappa shape index (κ1) is 36.1. The molecule has 7 rings (SSSR count). The van der Waals surface area contributed by atoms with Gasteiger partial charge in [0.25, 0.3) is 5.91 Å². The van der Waals surface area contributed by atoms with Gasteiger partial charge in [-0.2, -0.15) is 0 Å². The Morgan fingerprint density at radius 2 is 1.74 bits per heavy atom. The van der Waals surface area contributed by atoms with Gasteiger partial charge >= 0.3 is 6.09 Å². The monoisotopic (exact) mass is 750 g/mol. The topological polar surface area (TPSA) is 114 Å². The summed E-state index contributed by atoms with van der Waals surface area (Å²) in [7, 11) is 0. The van der Waals surface area contributed by atoms with Crippen molar-refractivity contribution in [1.82, 2.24) is 24.4 Å². The number of fused-ring (bicyclic) bond motifs is 1. The number of likely N-dealkylation sites (tertiary alicyclic amines) is 1. The van der Waals surface area contributed by atoms with Crippen molar-refractivity contribution in [3.8, 4) is 28.4 Å².